The molecule has 1 aromatic rings. The first kappa shape index (κ1) is 74.9. The van der Waals surface area contributed by atoms with E-state index in [-0.39, 0.29) is 93.7 Å². The van der Waals surface area contributed by atoms with Crippen LogP contribution in [0, 0.1) is 69.0 Å². The van der Waals surface area contributed by atoms with Gasteiger partial charge in [0.25, 0.3) is 0 Å². The van der Waals surface area contributed by atoms with Gasteiger partial charge in [0.15, 0.2) is 11.9 Å². The van der Waals surface area contributed by atoms with E-state index in [2.05, 4.69) is 83.2 Å². The van der Waals surface area contributed by atoms with Gasteiger partial charge in [-0.1, -0.05) is 98.9 Å². The first-order valence-corrected chi connectivity index (χ1v) is 34.4. The highest BCUT2D eigenvalue weighted by Gasteiger charge is 2.59. The van der Waals surface area contributed by atoms with Crippen LogP contribution in [0.1, 0.15) is 183 Å². The first-order valence-electron chi connectivity index (χ1n) is 34.4. The lowest BCUT2D eigenvalue weighted by molar-refractivity contribution is -0.141. The van der Waals surface area contributed by atoms with Crippen molar-refractivity contribution in [2.45, 2.75) is 233 Å². The van der Waals surface area contributed by atoms with Crippen LogP contribution in [-0.2, 0) is 44.7 Å². The number of phenolic OH excluding ortho intramolecular Hbond substituents is 1. The van der Waals surface area contributed by atoms with Crippen molar-refractivity contribution in [3.05, 3.63) is 41.5 Å². The molecule has 5 aliphatic rings. The monoisotopic (exact) mass is 1300 g/mol. The molecule has 7 unspecified atom stereocenters. The molecule has 0 bridgehead atoms. The maximum atomic E-state index is 14.8. The molecule has 93 heavy (non-hydrogen) atoms. The normalized spacial score (nSPS) is 25.4. The lowest BCUT2D eigenvalue weighted by Crippen LogP contribution is -2.61. The van der Waals surface area contributed by atoms with E-state index in [1.165, 1.54) is 61.1 Å². The summed E-state index contributed by atoms with van der Waals surface area (Å²) in [5.41, 5.74) is 25.0. The van der Waals surface area contributed by atoms with Gasteiger partial charge in [-0.15, -0.1) is 0 Å². The highest BCUT2D eigenvalue weighted by molar-refractivity contribution is 5.98. The predicted octanol–water partition coefficient (Wildman–Crippen LogP) is 4.53. The van der Waals surface area contributed by atoms with E-state index in [0.29, 0.717) is 66.8 Å². The third-order valence-electron chi connectivity index (χ3n) is 21.1. The van der Waals surface area contributed by atoms with Crippen molar-refractivity contribution in [1.29, 1.82) is 10.8 Å². The third-order valence-corrected chi connectivity index (χ3v) is 21.1. The van der Waals surface area contributed by atoms with Crippen LogP contribution < -0.4 is 65.5 Å². The van der Waals surface area contributed by atoms with Gasteiger partial charge < -0.3 is 80.2 Å². The molecule has 25 heteroatoms. The summed E-state index contributed by atoms with van der Waals surface area (Å²) in [7, 11) is 0. The summed E-state index contributed by atoms with van der Waals surface area (Å²) >= 11 is 0. The van der Waals surface area contributed by atoms with Gasteiger partial charge in [-0.05, 0) is 172 Å². The number of nitrogens with two attached hydrogens (primary N) is 4. The maximum Gasteiger partial charge on any atom is 0.408 e. The van der Waals surface area contributed by atoms with Crippen LogP contribution >= 0.6 is 0 Å². The van der Waals surface area contributed by atoms with E-state index in [9.17, 15) is 43.5 Å². The number of nitrogens with one attached hydrogen (secondary N) is 10. The molecule has 520 valence electrons. The Labute approximate surface area is 550 Å². The number of primary amides is 1. The highest BCUT2D eigenvalue weighted by Crippen LogP contribution is 2.67. The molecule has 1 aliphatic heterocycles. The smallest absolute Gasteiger partial charge is 0.408 e. The first-order chi connectivity index (χ1) is 43.9. The summed E-state index contributed by atoms with van der Waals surface area (Å²) in [5.74, 6) is -1.97. The summed E-state index contributed by atoms with van der Waals surface area (Å²) in [6.07, 6.45) is 14.3. The number of alkyl carbamates (subject to hydrolysis) is 1. The Bertz CT molecular complexity index is 2800. The molecule has 1 aromatic carbocycles. The van der Waals surface area contributed by atoms with Crippen molar-refractivity contribution in [3.63, 3.8) is 0 Å². The van der Waals surface area contributed by atoms with Crippen LogP contribution in [0.5, 0.6) is 5.75 Å². The second-order valence-electron chi connectivity index (χ2n) is 29.0. The average Bonchev–Trinajstić information content (AvgIpc) is 1.70. The maximum absolute atomic E-state index is 14.8. The van der Waals surface area contributed by atoms with Crippen LogP contribution in [0.25, 0.3) is 0 Å². The predicted molar refractivity (Wildman–Crippen MR) is 357 cm³/mol. The quantitative estimate of drug-likeness (QED) is 0.0199. The minimum absolute atomic E-state index is 0.0104. The van der Waals surface area contributed by atoms with Gasteiger partial charge in [-0.3, -0.25) is 44.4 Å². The van der Waals surface area contributed by atoms with Crippen molar-refractivity contribution in [2.75, 3.05) is 26.2 Å². The number of aromatic hydroxyl groups is 1. The van der Waals surface area contributed by atoms with Gasteiger partial charge >= 0.3 is 6.09 Å². The number of amides is 8. The van der Waals surface area contributed by atoms with Gasteiger partial charge in [0.05, 0.1) is 0 Å². The summed E-state index contributed by atoms with van der Waals surface area (Å²) in [5, 5.41) is 47.2. The Morgan fingerprint density at radius 1 is 0.656 bits per heavy atom. The summed E-state index contributed by atoms with van der Waals surface area (Å²) in [4.78, 5) is 114. The van der Waals surface area contributed by atoms with Crippen molar-refractivity contribution in [3.8, 4) is 5.75 Å². The number of ether oxygens (including phenoxy) is 1. The second-order valence-corrected chi connectivity index (χ2v) is 29.0. The molecule has 0 aromatic heterocycles. The van der Waals surface area contributed by atoms with Gasteiger partial charge in [0.1, 0.15) is 54.1 Å². The third kappa shape index (κ3) is 20.4. The van der Waals surface area contributed by atoms with Crippen molar-refractivity contribution < 1.29 is 48.2 Å². The Morgan fingerprint density at radius 3 is 1.87 bits per heavy atom. The van der Waals surface area contributed by atoms with E-state index in [1.807, 2.05) is 13.8 Å². The minimum Gasteiger partial charge on any atom is -0.508 e. The fourth-order valence-electron chi connectivity index (χ4n) is 15.9. The van der Waals surface area contributed by atoms with Crippen LogP contribution in [0.3, 0.4) is 0 Å². The van der Waals surface area contributed by atoms with Crippen molar-refractivity contribution >= 4 is 59.4 Å². The number of hydrogen-bond donors (Lipinski definition) is 15. The number of guanidine groups is 2. The molecule has 0 spiro atoms. The number of rotatable bonds is 33. The van der Waals surface area contributed by atoms with Crippen LogP contribution in [-0.4, -0.2) is 144 Å². The molecule has 4 aliphatic carbocycles. The number of carbonyl (C=O) groups excluding carboxylic acids is 8. The number of carbonyl (C=O) groups is 8. The molecule has 4 fully saturated rings. The molecule has 0 radical (unpaired) electrons. The van der Waals surface area contributed by atoms with E-state index in [4.69, 9.17) is 38.5 Å². The molecule has 19 N–H and O–H groups in total. The SMILES string of the molecule is CC(C)CCC(NC(=O)C(CN)NC(=O)C(Cc1ccc(O)cc1)NC(=O)C(NC(=O)C(CCCNC(=N)N)NC(=O)C1CCCN1C(=O)C(CCCNC(=N)N)NC(=O)O[C@@H]1CC[C@]2(C)C(=CC[C@@H]3[C@H]4CC[C@@H]([C@@H](C)CCC(C)C)[C@]4(C)CC[C@H]32)C1)C(C)C)C(N)=O. The van der Waals surface area contributed by atoms with E-state index >= 15 is 0 Å². The molecule has 8 amide bonds. The molecular formula is C68H113N15O10. The number of hydrogen-bond acceptors (Lipinski definition) is 13. The zero-order valence-corrected chi connectivity index (χ0v) is 56.8. The summed E-state index contributed by atoms with van der Waals surface area (Å²) in [6.45, 7) is 19.6. The zero-order chi connectivity index (χ0) is 68.5. The lowest BCUT2D eigenvalue weighted by atomic mass is 9.47. The van der Waals surface area contributed by atoms with Crippen LogP contribution in [0.2, 0.25) is 0 Å². The number of allylic oxidation sites excluding steroid dienone is 1. The lowest BCUT2D eigenvalue weighted by Gasteiger charge is -2.58. The summed E-state index contributed by atoms with van der Waals surface area (Å²) < 4.78 is 6.21. The minimum atomic E-state index is -1.38. The van der Waals surface area contributed by atoms with E-state index in [0.717, 1.165) is 24.7 Å². The zero-order valence-electron chi connectivity index (χ0n) is 56.8. The van der Waals surface area contributed by atoms with Gasteiger partial charge in [-0.25, -0.2) is 4.79 Å². The molecule has 15 atom stereocenters. The van der Waals surface area contributed by atoms with Gasteiger partial charge in [-0.2, -0.15) is 0 Å². The fraction of sp³-hybridized carbons (Fsp3) is 0.735. The Hall–Kier alpha value is -7.18. The highest BCUT2D eigenvalue weighted by atomic mass is 16.6. The van der Waals surface area contributed by atoms with Crippen LogP contribution in [0.15, 0.2) is 35.9 Å². The van der Waals surface area contributed by atoms with Crippen molar-refractivity contribution in [2.24, 2.45) is 81.1 Å². The topological polar surface area (TPSA) is 417 Å². The van der Waals surface area contributed by atoms with Gasteiger partial charge in [0, 0.05) is 39.0 Å². The Morgan fingerprint density at radius 2 is 1.26 bits per heavy atom. The average molecular weight is 1300 g/mol. The van der Waals surface area contributed by atoms with Gasteiger partial charge in [0.2, 0.25) is 41.4 Å². The Balaban J connectivity index is 1.13. The van der Waals surface area contributed by atoms with Crippen molar-refractivity contribution in [1.82, 2.24) is 47.4 Å². The molecule has 6 rings (SSSR count). The molecular weight excluding hydrogens is 1190 g/mol. The number of likely N-dealkylation sites (tertiary alicyclic amines) is 1. The van der Waals surface area contributed by atoms with Crippen LogP contribution in [0.4, 0.5) is 4.79 Å². The number of fused-ring (bicyclic) bond motifs is 5. The fourth-order valence-corrected chi connectivity index (χ4v) is 15.9. The molecule has 1 heterocycles. The number of benzene rings is 1. The number of nitrogens with zero attached hydrogens (tertiary/aromatic N) is 1. The van der Waals surface area contributed by atoms with E-state index < -0.39 is 102 Å². The second kappa shape index (κ2) is 34.3. The Kier molecular flexibility index (Phi) is 27.6. The number of phenols is 1. The van der Waals surface area contributed by atoms with E-state index in [1.54, 1.807) is 26.0 Å². The largest absolute Gasteiger partial charge is 0.508 e. The molecule has 25 nitrogen and oxygen atoms in total. The summed E-state index contributed by atoms with van der Waals surface area (Å²) in [6, 6.07) is -2.68. The standard InChI is InChI=1S/C68H113N15O10/c1-38(2)16-18-41(7)47-25-26-48-46-24-21-43-36-45(28-30-67(43,8)49(46)29-31-68(47,48)9)93-66(92)81-52(14-11-33-76-65(73)74)63(91)83-34-12-15-55(83)61(89)78-51(13-10-32-75-64(71)72)58(86)82-56(40(5)6)62(90)79-53(35-42-19-22-44(84)23-20-42)59(87)80-54(37-69)60(88)77-50(57(70)85)27-17-39(3)4/h19-23,38-41,45-56,84H,10-18,24-37,69H2,1-9H3,(H2,70,85)(H,77,88)(H,78,89)(H,79,90)(H,80,87)(H,81,92)(H,82,86)(H4,71,72,75)(H4,73,74,76)/t41-,45+,46+,47-,48+,49+,50?,51?,52?,53?,54?,55?,56?,67+,68-/m0/s1. The molecule has 3 saturated carbocycles. The molecule has 1 saturated heterocycles.